The Morgan fingerprint density at radius 2 is 1.18 bits per heavy atom. The highest BCUT2D eigenvalue weighted by Gasteiger charge is 2.28. The number of para-hydroxylation sites is 3. The third kappa shape index (κ3) is 5.59. The number of anilines is 4. The molecule has 1 aliphatic heterocycles. The molecule has 0 aliphatic carbocycles. The van der Waals surface area contributed by atoms with Crippen molar-refractivity contribution >= 4 is 44.6 Å². The number of rotatable bonds is 5. The van der Waals surface area contributed by atoms with Crippen molar-refractivity contribution in [3.8, 4) is 17.3 Å². The Labute approximate surface area is 289 Å². The summed E-state index contributed by atoms with van der Waals surface area (Å²) in [5.41, 5.74) is 9.42. The second kappa shape index (κ2) is 11.6. The smallest absolute Gasteiger partial charge is 0.137 e. The summed E-state index contributed by atoms with van der Waals surface area (Å²) >= 11 is 0. The molecule has 5 heteroatoms. The summed E-state index contributed by atoms with van der Waals surface area (Å²) in [5.74, 6) is 2.48. The second-order valence-electron chi connectivity index (χ2n) is 15.1. The number of ether oxygens (including phenoxy) is 1. The number of benzene rings is 5. The minimum Gasteiger partial charge on any atom is -0.457 e. The molecule has 0 bridgehead atoms. The lowest BCUT2D eigenvalue weighted by atomic mass is 9.86. The third-order valence-electron chi connectivity index (χ3n) is 9.62. The van der Waals surface area contributed by atoms with Gasteiger partial charge in [-0.2, -0.15) is 0 Å². The van der Waals surface area contributed by atoms with E-state index < -0.39 is 0 Å². The zero-order valence-corrected chi connectivity index (χ0v) is 29.1. The lowest BCUT2D eigenvalue weighted by Crippen LogP contribution is -2.23. The molecule has 0 N–H and O–H groups in total. The molecule has 0 radical (unpaired) electrons. The Bertz CT molecular complexity index is 2320. The predicted octanol–water partition coefficient (Wildman–Crippen LogP) is 11.8. The zero-order valence-electron chi connectivity index (χ0n) is 29.1. The average molecular weight is 643 g/mol. The van der Waals surface area contributed by atoms with Crippen LogP contribution in [0.2, 0.25) is 0 Å². The van der Waals surface area contributed by atoms with E-state index in [1.165, 1.54) is 39.0 Å². The molecule has 8 rings (SSSR count). The summed E-state index contributed by atoms with van der Waals surface area (Å²) in [6.07, 6.45) is 1.93. The van der Waals surface area contributed by atoms with E-state index in [1.807, 2.05) is 12.3 Å². The van der Waals surface area contributed by atoms with E-state index in [0.29, 0.717) is 0 Å². The summed E-state index contributed by atoms with van der Waals surface area (Å²) in [6.45, 7) is 14.2. The van der Waals surface area contributed by atoms with Gasteiger partial charge in [-0.1, -0.05) is 84.0 Å². The average Bonchev–Trinajstić information content (AvgIpc) is 3.64. The van der Waals surface area contributed by atoms with Crippen LogP contribution < -0.4 is 14.5 Å². The summed E-state index contributed by atoms with van der Waals surface area (Å²) in [6, 6.07) is 45.2. The molecule has 0 saturated heterocycles. The Balaban J connectivity index is 1.19. The van der Waals surface area contributed by atoms with Crippen LogP contribution in [0.4, 0.5) is 22.7 Å². The van der Waals surface area contributed by atoms with Gasteiger partial charge in [-0.3, -0.25) is 4.57 Å². The van der Waals surface area contributed by atoms with Gasteiger partial charge < -0.3 is 14.5 Å². The number of pyridine rings is 1. The first-order chi connectivity index (χ1) is 23.5. The van der Waals surface area contributed by atoms with Gasteiger partial charge in [-0.25, -0.2) is 4.98 Å². The maximum Gasteiger partial charge on any atom is 0.137 e. The first-order valence-corrected chi connectivity index (χ1v) is 17.1. The van der Waals surface area contributed by atoms with Crippen LogP contribution in [0.5, 0.6) is 11.5 Å². The minimum atomic E-state index is 0.00310. The van der Waals surface area contributed by atoms with Crippen LogP contribution in [0, 0.1) is 0 Å². The topological polar surface area (TPSA) is 33.5 Å². The molecular formula is C44H42N4O. The first-order valence-electron chi connectivity index (χ1n) is 17.1. The fourth-order valence-corrected chi connectivity index (χ4v) is 6.90. The van der Waals surface area contributed by atoms with Crippen LogP contribution in [0.1, 0.15) is 52.7 Å². The SMILES string of the molecule is CC(C)(C)c1ccnc(-n2c3ccc(C(C)(C)C)cc3c3ccc(Oc4cccc(N5CN(c6ccccc6)c6ccccc65)c4)cc32)c1. The van der Waals surface area contributed by atoms with E-state index in [1.54, 1.807) is 0 Å². The Kier molecular flexibility index (Phi) is 7.25. The Morgan fingerprint density at radius 3 is 1.92 bits per heavy atom. The standard InChI is InChI=1S/C44H42N4O/c1-43(2,3)30-19-22-38-37(25-30)36-21-20-35(28-41(36)48(38)42-26-31(23-24-45-42)44(4,5)6)49-34-16-12-15-33(27-34)47-29-46(32-13-8-7-9-14-32)39-17-10-11-18-40(39)47/h7-28H,29H2,1-6H3. The van der Waals surface area contributed by atoms with E-state index in [4.69, 9.17) is 9.72 Å². The van der Waals surface area contributed by atoms with Gasteiger partial charge >= 0.3 is 0 Å². The maximum atomic E-state index is 6.65. The molecule has 0 spiro atoms. The second-order valence-corrected chi connectivity index (χ2v) is 15.1. The van der Waals surface area contributed by atoms with Crippen molar-refractivity contribution < 1.29 is 4.74 Å². The molecule has 2 aromatic heterocycles. The maximum absolute atomic E-state index is 6.65. The molecule has 7 aromatic rings. The van der Waals surface area contributed by atoms with E-state index in [0.717, 1.165) is 40.7 Å². The minimum absolute atomic E-state index is 0.00310. The van der Waals surface area contributed by atoms with E-state index in [9.17, 15) is 0 Å². The largest absolute Gasteiger partial charge is 0.457 e. The molecule has 0 saturated carbocycles. The highest BCUT2D eigenvalue weighted by atomic mass is 16.5. The normalized spacial score (nSPS) is 13.3. The number of fused-ring (bicyclic) bond motifs is 4. The van der Waals surface area contributed by atoms with E-state index >= 15 is 0 Å². The molecule has 1 aliphatic rings. The van der Waals surface area contributed by atoms with Crippen LogP contribution in [-0.2, 0) is 10.8 Å². The number of aromatic nitrogens is 2. The van der Waals surface area contributed by atoms with Gasteiger partial charge in [0.1, 0.15) is 24.0 Å². The molecule has 0 amide bonds. The van der Waals surface area contributed by atoms with Gasteiger partial charge in [-0.05, 0) is 94.8 Å². The van der Waals surface area contributed by atoms with Gasteiger partial charge in [0.15, 0.2) is 0 Å². The number of hydrogen-bond donors (Lipinski definition) is 0. The third-order valence-corrected chi connectivity index (χ3v) is 9.62. The van der Waals surface area contributed by atoms with Crippen LogP contribution in [0.25, 0.3) is 27.6 Å². The number of nitrogens with zero attached hydrogens (tertiary/aromatic N) is 4. The number of hydrogen-bond acceptors (Lipinski definition) is 4. The van der Waals surface area contributed by atoms with Gasteiger partial charge in [0, 0.05) is 40.5 Å². The lowest BCUT2D eigenvalue weighted by Gasteiger charge is -2.22. The molecule has 0 fully saturated rings. The highest BCUT2D eigenvalue weighted by Crippen LogP contribution is 2.45. The van der Waals surface area contributed by atoms with Gasteiger partial charge in [0.25, 0.3) is 0 Å². The summed E-state index contributed by atoms with van der Waals surface area (Å²) in [7, 11) is 0. The van der Waals surface area contributed by atoms with Crippen molar-refractivity contribution in [2.45, 2.75) is 52.4 Å². The molecule has 0 unspecified atom stereocenters. The Hall–Kier alpha value is -5.55. The van der Waals surface area contributed by atoms with Crippen molar-refractivity contribution in [1.82, 2.24) is 9.55 Å². The van der Waals surface area contributed by atoms with Gasteiger partial charge in [0.2, 0.25) is 0 Å². The molecular weight excluding hydrogens is 601 g/mol. The van der Waals surface area contributed by atoms with Crippen LogP contribution in [-0.4, -0.2) is 16.2 Å². The van der Waals surface area contributed by atoms with Crippen molar-refractivity contribution in [2.24, 2.45) is 0 Å². The van der Waals surface area contributed by atoms with E-state index in [-0.39, 0.29) is 10.8 Å². The fourth-order valence-electron chi connectivity index (χ4n) is 6.90. The highest BCUT2D eigenvalue weighted by molar-refractivity contribution is 6.09. The quantitative estimate of drug-likeness (QED) is 0.187. The predicted molar refractivity (Wildman–Crippen MR) is 205 cm³/mol. The van der Waals surface area contributed by atoms with Crippen molar-refractivity contribution in [3.63, 3.8) is 0 Å². The zero-order chi connectivity index (χ0) is 33.9. The lowest BCUT2D eigenvalue weighted by molar-refractivity contribution is 0.483. The summed E-state index contributed by atoms with van der Waals surface area (Å²) < 4.78 is 8.94. The monoisotopic (exact) mass is 642 g/mol. The Morgan fingerprint density at radius 1 is 0.531 bits per heavy atom. The van der Waals surface area contributed by atoms with Crippen LogP contribution in [0.3, 0.4) is 0 Å². The molecule has 5 nitrogen and oxygen atoms in total. The summed E-state index contributed by atoms with van der Waals surface area (Å²) in [4.78, 5) is 9.59. The van der Waals surface area contributed by atoms with Crippen molar-refractivity contribution in [3.05, 3.63) is 145 Å². The van der Waals surface area contributed by atoms with Gasteiger partial charge in [-0.15, -0.1) is 0 Å². The molecule has 0 atom stereocenters. The first kappa shape index (κ1) is 30.8. The molecule has 244 valence electrons. The molecule has 49 heavy (non-hydrogen) atoms. The fraction of sp³-hybridized carbons (Fsp3) is 0.205. The van der Waals surface area contributed by atoms with Gasteiger partial charge in [0.05, 0.1) is 22.4 Å². The molecule has 3 heterocycles. The van der Waals surface area contributed by atoms with Crippen LogP contribution >= 0.6 is 0 Å². The van der Waals surface area contributed by atoms with Crippen LogP contribution in [0.15, 0.2) is 134 Å². The summed E-state index contributed by atoms with van der Waals surface area (Å²) in [5, 5.41) is 2.40. The van der Waals surface area contributed by atoms with Crippen molar-refractivity contribution in [2.75, 3.05) is 16.5 Å². The molecule has 5 aromatic carbocycles. The van der Waals surface area contributed by atoms with E-state index in [2.05, 4.69) is 177 Å². The van der Waals surface area contributed by atoms with Crippen molar-refractivity contribution in [1.29, 1.82) is 0 Å².